The second kappa shape index (κ2) is 6.00. The highest BCUT2D eigenvalue weighted by Gasteiger charge is 2.30. The minimum absolute atomic E-state index is 0.0448. The molecule has 1 heterocycles. The van der Waals surface area contributed by atoms with Crippen molar-refractivity contribution in [3.8, 4) is 5.69 Å². The predicted molar refractivity (Wildman–Crippen MR) is 84.7 cm³/mol. The second-order valence-electron chi connectivity index (χ2n) is 5.00. The zero-order chi connectivity index (χ0) is 16.6. The Morgan fingerprint density at radius 3 is 2.39 bits per heavy atom. The lowest BCUT2D eigenvalue weighted by Gasteiger charge is -2.16. The number of carboxylic acid groups (broad SMARTS) is 1. The van der Waals surface area contributed by atoms with E-state index >= 15 is 0 Å². The SMILES string of the molecule is O=C(O)C(O)C(O)c1nc2ccccc2n1-c1ccc(Cl)cc1. The van der Waals surface area contributed by atoms with Gasteiger partial charge in [-0.3, -0.25) is 4.57 Å². The summed E-state index contributed by atoms with van der Waals surface area (Å²) in [6, 6.07) is 13.9. The summed E-state index contributed by atoms with van der Waals surface area (Å²) >= 11 is 5.89. The number of para-hydroxylation sites is 2. The third kappa shape index (κ3) is 2.79. The molecule has 0 aliphatic rings. The van der Waals surface area contributed by atoms with Crippen LogP contribution in [-0.4, -0.2) is 36.9 Å². The molecule has 0 amide bonds. The van der Waals surface area contributed by atoms with E-state index in [9.17, 15) is 15.0 Å². The highest BCUT2D eigenvalue weighted by Crippen LogP contribution is 2.27. The molecule has 0 saturated heterocycles. The van der Waals surface area contributed by atoms with E-state index in [1.807, 2.05) is 0 Å². The monoisotopic (exact) mass is 332 g/mol. The Hall–Kier alpha value is -2.41. The Morgan fingerprint density at radius 1 is 1.09 bits per heavy atom. The zero-order valence-electron chi connectivity index (χ0n) is 11.8. The first-order valence-corrected chi connectivity index (χ1v) is 7.19. The largest absolute Gasteiger partial charge is 0.479 e. The van der Waals surface area contributed by atoms with Gasteiger partial charge in [-0.25, -0.2) is 9.78 Å². The molecule has 0 saturated carbocycles. The number of carboxylic acids is 1. The van der Waals surface area contributed by atoms with E-state index in [0.29, 0.717) is 21.7 Å². The Morgan fingerprint density at radius 2 is 1.74 bits per heavy atom. The van der Waals surface area contributed by atoms with Crippen LogP contribution >= 0.6 is 11.6 Å². The fourth-order valence-electron chi connectivity index (χ4n) is 2.38. The van der Waals surface area contributed by atoms with Crippen molar-refractivity contribution < 1.29 is 20.1 Å². The number of halogens is 1. The minimum atomic E-state index is -1.97. The fourth-order valence-corrected chi connectivity index (χ4v) is 2.51. The molecule has 23 heavy (non-hydrogen) atoms. The normalized spacial score (nSPS) is 13.9. The number of carbonyl (C=O) groups is 1. The molecule has 3 rings (SSSR count). The van der Waals surface area contributed by atoms with Crippen molar-refractivity contribution in [3.05, 3.63) is 59.4 Å². The van der Waals surface area contributed by atoms with Gasteiger partial charge in [0, 0.05) is 10.7 Å². The van der Waals surface area contributed by atoms with Gasteiger partial charge in [0.05, 0.1) is 11.0 Å². The van der Waals surface area contributed by atoms with E-state index < -0.39 is 18.2 Å². The molecule has 2 aromatic carbocycles. The average Bonchev–Trinajstić information content (AvgIpc) is 2.93. The lowest BCUT2D eigenvalue weighted by Crippen LogP contribution is -2.29. The highest BCUT2D eigenvalue weighted by atomic mass is 35.5. The number of aromatic nitrogens is 2. The minimum Gasteiger partial charge on any atom is -0.479 e. The predicted octanol–water partition coefficient (Wildman–Crippen LogP) is 2.16. The number of aliphatic carboxylic acids is 1. The lowest BCUT2D eigenvalue weighted by molar-refractivity contribution is -0.153. The molecule has 6 nitrogen and oxygen atoms in total. The van der Waals surface area contributed by atoms with E-state index in [0.717, 1.165) is 0 Å². The lowest BCUT2D eigenvalue weighted by atomic mass is 10.2. The number of aliphatic hydroxyl groups is 2. The van der Waals surface area contributed by atoms with Crippen molar-refractivity contribution in [1.29, 1.82) is 0 Å². The number of hydrogen-bond donors (Lipinski definition) is 3. The van der Waals surface area contributed by atoms with Crippen LogP contribution in [0.2, 0.25) is 5.02 Å². The number of hydrogen-bond acceptors (Lipinski definition) is 4. The Balaban J connectivity index is 2.23. The summed E-state index contributed by atoms with van der Waals surface area (Å²) in [6.45, 7) is 0. The topological polar surface area (TPSA) is 95.6 Å². The molecule has 0 radical (unpaired) electrons. The summed E-state index contributed by atoms with van der Waals surface area (Å²) in [5, 5.41) is 29.4. The molecule has 0 bridgehead atoms. The van der Waals surface area contributed by atoms with Crippen molar-refractivity contribution in [2.45, 2.75) is 12.2 Å². The van der Waals surface area contributed by atoms with Crippen LogP contribution in [0, 0.1) is 0 Å². The van der Waals surface area contributed by atoms with Crippen LogP contribution in [0.5, 0.6) is 0 Å². The van der Waals surface area contributed by atoms with Gasteiger partial charge < -0.3 is 15.3 Å². The quantitative estimate of drug-likeness (QED) is 0.680. The maximum absolute atomic E-state index is 11.0. The smallest absolute Gasteiger partial charge is 0.335 e. The third-order valence-electron chi connectivity index (χ3n) is 3.49. The number of imidazole rings is 1. The maximum atomic E-state index is 11.0. The number of aliphatic hydroxyl groups excluding tert-OH is 2. The van der Waals surface area contributed by atoms with Crippen LogP contribution < -0.4 is 0 Å². The molecular formula is C16H13ClN2O4. The van der Waals surface area contributed by atoms with Crippen molar-refractivity contribution in [3.63, 3.8) is 0 Å². The first-order chi connectivity index (χ1) is 11.0. The standard InChI is InChI=1S/C16H13ClN2O4/c17-9-5-7-10(8-6-9)19-12-4-2-1-3-11(12)18-15(19)13(20)14(21)16(22)23/h1-8,13-14,20-21H,(H,22,23). The van der Waals surface area contributed by atoms with Gasteiger partial charge in [-0.1, -0.05) is 23.7 Å². The van der Waals surface area contributed by atoms with E-state index in [4.69, 9.17) is 16.7 Å². The Labute approximate surface area is 136 Å². The van der Waals surface area contributed by atoms with E-state index in [2.05, 4.69) is 4.98 Å². The van der Waals surface area contributed by atoms with E-state index in [-0.39, 0.29) is 5.82 Å². The van der Waals surface area contributed by atoms with Gasteiger partial charge in [0.25, 0.3) is 0 Å². The zero-order valence-corrected chi connectivity index (χ0v) is 12.6. The first-order valence-electron chi connectivity index (χ1n) is 6.81. The van der Waals surface area contributed by atoms with Gasteiger partial charge >= 0.3 is 5.97 Å². The van der Waals surface area contributed by atoms with Crippen molar-refractivity contribution in [2.24, 2.45) is 0 Å². The van der Waals surface area contributed by atoms with Crippen molar-refractivity contribution in [2.75, 3.05) is 0 Å². The molecule has 0 aliphatic heterocycles. The third-order valence-corrected chi connectivity index (χ3v) is 3.74. The van der Waals surface area contributed by atoms with E-state index in [1.54, 1.807) is 53.1 Å². The average molecular weight is 333 g/mol. The Kier molecular flexibility index (Phi) is 4.04. The van der Waals surface area contributed by atoms with Gasteiger partial charge in [-0.2, -0.15) is 0 Å². The number of rotatable bonds is 4. The number of fused-ring (bicyclic) bond motifs is 1. The van der Waals surface area contributed by atoms with E-state index in [1.165, 1.54) is 0 Å². The molecule has 1 aromatic heterocycles. The fraction of sp³-hybridized carbons (Fsp3) is 0.125. The van der Waals surface area contributed by atoms with Crippen molar-refractivity contribution in [1.82, 2.24) is 9.55 Å². The summed E-state index contributed by atoms with van der Waals surface area (Å²) in [7, 11) is 0. The van der Waals surface area contributed by atoms with Crippen molar-refractivity contribution >= 4 is 28.6 Å². The van der Waals surface area contributed by atoms with Gasteiger partial charge in [-0.05, 0) is 36.4 Å². The number of nitrogens with zero attached hydrogens (tertiary/aromatic N) is 2. The van der Waals surface area contributed by atoms with Crippen LogP contribution in [0.15, 0.2) is 48.5 Å². The van der Waals surface area contributed by atoms with Gasteiger partial charge in [0.1, 0.15) is 11.9 Å². The van der Waals surface area contributed by atoms with Crippen LogP contribution in [0.4, 0.5) is 0 Å². The summed E-state index contributed by atoms with van der Waals surface area (Å²) in [5.74, 6) is -1.48. The molecule has 7 heteroatoms. The van der Waals surface area contributed by atoms with Crippen LogP contribution in [0.1, 0.15) is 11.9 Å². The summed E-state index contributed by atoms with van der Waals surface area (Å²) in [4.78, 5) is 15.2. The first kappa shape index (κ1) is 15.5. The van der Waals surface area contributed by atoms with Crippen LogP contribution in [0.3, 0.4) is 0 Å². The molecule has 0 fully saturated rings. The highest BCUT2D eigenvalue weighted by molar-refractivity contribution is 6.30. The van der Waals surface area contributed by atoms with Crippen LogP contribution in [0.25, 0.3) is 16.7 Å². The summed E-state index contributed by atoms with van der Waals surface area (Å²) < 4.78 is 1.60. The van der Waals surface area contributed by atoms with Gasteiger partial charge in [-0.15, -0.1) is 0 Å². The molecule has 3 N–H and O–H groups in total. The van der Waals surface area contributed by atoms with Gasteiger partial charge in [0.15, 0.2) is 6.10 Å². The second-order valence-corrected chi connectivity index (χ2v) is 5.43. The molecule has 0 aliphatic carbocycles. The summed E-state index contributed by atoms with van der Waals surface area (Å²) in [5.41, 5.74) is 1.91. The van der Waals surface area contributed by atoms with Crippen LogP contribution in [-0.2, 0) is 4.79 Å². The molecular weight excluding hydrogens is 320 g/mol. The van der Waals surface area contributed by atoms with Gasteiger partial charge in [0.2, 0.25) is 0 Å². The molecule has 2 unspecified atom stereocenters. The molecule has 3 aromatic rings. The maximum Gasteiger partial charge on any atom is 0.335 e. The number of benzene rings is 2. The summed E-state index contributed by atoms with van der Waals surface area (Å²) in [6.07, 6.45) is -3.64. The Bertz CT molecular complexity index is 860. The molecule has 118 valence electrons. The molecule has 0 spiro atoms. The molecule has 2 atom stereocenters.